The highest BCUT2D eigenvalue weighted by Gasteiger charge is 2.28. The monoisotopic (exact) mass is 395 g/mol. The molecule has 152 valence electrons. The van der Waals surface area contributed by atoms with E-state index in [1.807, 2.05) is 6.07 Å². The Hall–Kier alpha value is -3.00. The predicted molar refractivity (Wildman–Crippen MR) is 108 cm³/mol. The van der Waals surface area contributed by atoms with E-state index < -0.39 is 0 Å². The fourth-order valence-electron chi connectivity index (χ4n) is 3.70. The van der Waals surface area contributed by atoms with Crippen LogP contribution < -0.4 is 9.64 Å². The van der Waals surface area contributed by atoms with Gasteiger partial charge >= 0.3 is 0 Å². The molecule has 8 nitrogen and oxygen atoms in total. The molecule has 0 bridgehead atoms. The van der Waals surface area contributed by atoms with Crippen molar-refractivity contribution in [2.24, 2.45) is 0 Å². The zero-order valence-corrected chi connectivity index (χ0v) is 16.4. The van der Waals surface area contributed by atoms with Crippen molar-refractivity contribution in [3.8, 4) is 5.75 Å². The minimum absolute atomic E-state index is 0.0910. The number of anilines is 1. The minimum Gasteiger partial charge on any atom is -0.483 e. The van der Waals surface area contributed by atoms with E-state index in [2.05, 4.69) is 19.8 Å². The van der Waals surface area contributed by atoms with E-state index in [0.29, 0.717) is 17.9 Å². The minimum atomic E-state index is -0.275. The molecule has 0 saturated carbocycles. The zero-order chi connectivity index (χ0) is 20.1. The Morgan fingerprint density at radius 3 is 2.41 bits per heavy atom. The summed E-state index contributed by atoms with van der Waals surface area (Å²) in [5, 5.41) is 0. The third-order valence-corrected chi connectivity index (χ3v) is 5.33. The van der Waals surface area contributed by atoms with Gasteiger partial charge in [0, 0.05) is 45.1 Å². The molecule has 29 heavy (non-hydrogen) atoms. The second kappa shape index (κ2) is 9.00. The number of aromatic nitrogens is 2. The van der Waals surface area contributed by atoms with Crippen LogP contribution in [0.25, 0.3) is 0 Å². The number of imide groups is 1. The van der Waals surface area contributed by atoms with E-state index in [-0.39, 0.29) is 18.4 Å². The maximum absolute atomic E-state index is 12.7. The molecular weight excluding hydrogens is 370 g/mol. The predicted octanol–water partition coefficient (Wildman–Crippen LogP) is 1.44. The molecule has 1 aromatic heterocycles. The molecular formula is C21H25N5O3. The summed E-state index contributed by atoms with van der Waals surface area (Å²) in [4.78, 5) is 39.6. The number of hydrogen-bond acceptors (Lipinski definition) is 7. The number of ether oxygens (including phenoxy) is 1. The second-order valence-electron chi connectivity index (χ2n) is 7.22. The number of amides is 2. The van der Waals surface area contributed by atoms with Crippen molar-refractivity contribution >= 4 is 17.8 Å². The van der Waals surface area contributed by atoms with Gasteiger partial charge in [0.1, 0.15) is 5.75 Å². The van der Waals surface area contributed by atoms with Gasteiger partial charge in [0.05, 0.1) is 5.56 Å². The number of unbranched alkanes of at least 4 members (excludes halogenated alkanes) is 1. The summed E-state index contributed by atoms with van der Waals surface area (Å²) < 4.78 is 5.47. The highest BCUT2D eigenvalue weighted by Crippen LogP contribution is 2.23. The number of carbonyl (C=O) groups excluding carboxylic acids is 2. The number of nitrogens with zero attached hydrogens (tertiary/aromatic N) is 5. The van der Waals surface area contributed by atoms with Crippen LogP contribution in [0.4, 0.5) is 5.95 Å². The molecule has 3 heterocycles. The first-order chi connectivity index (χ1) is 14.2. The normalized spacial score (nSPS) is 17.7. The fraction of sp³-hybridized carbons (Fsp3) is 0.429. The first-order valence-electron chi connectivity index (χ1n) is 10.0. The average molecular weight is 395 g/mol. The van der Waals surface area contributed by atoms with Crippen LogP contribution in [0.3, 0.4) is 0 Å². The number of rotatable bonds is 6. The van der Waals surface area contributed by atoms with Crippen molar-refractivity contribution in [2.75, 3.05) is 50.8 Å². The van der Waals surface area contributed by atoms with Gasteiger partial charge in [0.25, 0.3) is 11.8 Å². The Balaban J connectivity index is 1.23. The molecule has 2 aliphatic heterocycles. The summed E-state index contributed by atoms with van der Waals surface area (Å²) in [7, 11) is 0. The quantitative estimate of drug-likeness (QED) is 0.541. The first-order valence-corrected chi connectivity index (χ1v) is 10.0. The molecule has 0 N–H and O–H groups in total. The van der Waals surface area contributed by atoms with Gasteiger partial charge in [0.2, 0.25) is 5.95 Å². The molecule has 2 aliphatic rings. The van der Waals surface area contributed by atoms with Crippen molar-refractivity contribution in [2.45, 2.75) is 12.8 Å². The van der Waals surface area contributed by atoms with Gasteiger partial charge in [-0.15, -0.1) is 0 Å². The molecule has 2 aromatic rings. The Labute approximate surface area is 170 Å². The lowest BCUT2D eigenvalue weighted by atomic mass is 10.1. The molecule has 0 atom stereocenters. The van der Waals surface area contributed by atoms with Crippen LogP contribution in [0.2, 0.25) is 0 Å². The van der Waals surface area contributed by atoms with E-state index in [0.717, 1.165) is 51.5 Å². The second-order valence-corrected chi connectivity index (χ2v) is 7.22. The molecule has 0 spiro atoms. The molecule has 0 unspecified atom stereocenters. The number of carbonyl (C=O) groups is 2. The lowest BCUT2D eigenvalue weighted by Crippen LogP contribution is -2.47. The van der Waals surface area contributed by atoms with Crippen LogP contribution in [0.5, 0.6) is 5.75 Å². The zero-order valence-electron chi connectivity index (χ0n) is 16.4. The third kappa shape index (κ3) is 4.54. The van der Waals surface area contributed by atoms with Gasteiger partial charge < -0.3 is 9.64 Å². The molecule has 1 fully saturated rings. The first kappa shape index (κ1) is 19.3. The van der Waals surface area contributed by atoms with Gasteiger partial charge in [-0.1, -0.05) is 12.1 Å². The van der Waals surface area contributed by atoms with E-state index in [1.54, 1.807) is 36.7 Å². The van der Waals surface area contributed by atoms with Crippen LogP contribution >= 0.6 is 0 Å². The van der Waals surface area contributed by atoms with E-state index in [1.165, 1.54) is 4.90 Å². The Kier molecular flexibility index (Phi) is 6.00. The summed E-state index contributed by atoms with van der Waals surface area (Å²) in [6, 6.07) is 8.84. The molecule has 4 rings (SSSR count). The number of piperazine rings is 1. The molecule has 0 aliphatic carbocycles. The van der Waals surface area contributed by atoms with Crippen LogP contribution in [-0.4, -0.2) is 77.5 Å². The largest absolute Gasteiger partial charge is 0.483 e. The van der Waals surface area contributed by atoms with Gasteiger partial charge in [-0.3, -0.25) is 19.4 Å². The van der Waals surface area contributed by atoms with Gasteiger partial charge in [-0.05, 0) is 37.6 Å². The SMILES string of the molecule is O=C1COc2ccccc2C(=O)N1CCCCN1CCN(c2ncccn2)CC1. The van der Waals surface area contributed by atoms with Crippen LogP contribution in [0.1, 0.15) is 23.2 Å². The van der Waals surface area contributed by atoms with Crippen molar-refractivity contribution < 1.29 is 14.3 Å². The van der Waals surface area contributed by atoms with E-state index in [9.17, 15) is 9.59 Å². The van der Waals surface area contributed by atoms with E-state index in [4.69, 9.17) is 4.74 Å². The lowest BCUT2D eigenvalue weighted by Gasteiger charge is -2.34. The summed E-state index contributed by atoms with van der Waals surface area (Å²) in [5.74, 6) is 0.726. The Morgan fingerprint density at radius 2 is 1.62 bits per heavy atom. The smallest absolute Gasteiger partial charge is 0.267 e. The standard InChI is InChI=1S/C21H25N5O3/c27-19-16-29-18-7-2-1-6-17(18)20(28)26(19)11-4-3-10-24-12-14-25(15-13-24)21-22-8-5-9-23-21/h1-2,5-9H,3-4,10-16H2. The summed E-state index contributed by atoms with van der Waals surface area (Å²) in [5.41, 5.74) is 0.456. The highest BCUT2D eigenvalue weighted by molar-refractivity contribution is 6.07. The van der Waals surface area contributed by atoms with Crippen LogP contribution in [-0.2, 0) is 4.79 Å². The average Bonchev–Trinajstić information content (AvgIpc) is 2.89. The van der Waals surface area contributed by atoms with Crippen LogP contribution in [0, 0.1) is 0 Å². The van der Waals surface area contributed by atoms with Crippen molar-refractivity contribution in [3.05, 3.63) is 48.3 Å². The molecule has 1 saturated heterocycles. The van der Waals surface area contributed by atoms with E-state index >= 15 is 0 Å². The molecule has 0 radical (unpaired) electrons. The molecule has 8 heteroatoms. The summed E-state index contributed by atoms with van der Waals surface area (Å²) in [6.45, 7) is 5.01. The number of para-hydroxylation sites is 1. The fourth-order valence-corrected chi connectivity index (χ4v) is 3.70. The third-order valence-electron chi connectivity index (χ3n) is 5.33. The van der Waals surface area contributed by atoms with Gasteiger partial charge in [-0.25, -0.2) is 9.97 Å². The van der Waals surface area contributed by atoms with Crippen molar-refractivity contribution in [3.63, 3.8) is 0 Å². The number of hydrogen-bond donors (Lipinski definition) is 0. The van der Waals surface area contributed by atoms with Crippen molar-refractivity contribution in [1.82, 2.24) is 19.8 Å². The maximum atomic E-state index is 12.7. The highest BCUT2D eigenvalue weighted by atomic mass is 16.5. The van der Waals surface area contributed by atoms with Gasteiger partial charge in [-0.2, -0.15) is 0 Å². The maximum Gasteiger partial charge on any atom is 0.267 e. The van der Waals surface area contributed by atoms with Gasteiger partial charge in [0.15, 0.2) is 6.61 Å². The molecule has 2 amide bonds. The molecule has 1 aromatic carbocycles. The van der Waals surface area contributed by atoms with Crippen molar-refractivity contribution in [1.29, 1.82) is 0 Å². The van der Waals surface area contributed by atoms with Crippen LogP contribution in [0.15, 0.2) is 42.7 Å². The number of benzene rings is 1. The summed E-state index contributed by atoms with van der Waals surface area (Å²) in [6.07, 6.45) is 5.25. The Bertz CT molecular complexity index is 852. The summed E-state index contributed by atoms with van der Waals surface area (Å²) >= 11 is 0. The Morgan fingerprint density at radius 1 is 0.897 bits per heavy atom. The lowest BCUT2D eigenvalue weighted by molar-refractivity contribution is -0.130. The number of fused-ring (bicyclic) bond motifs is 1. The topological polar surface area (TPSA) is 78.9 Å².